The number of rotatable bonds is 3. The molecule has 1 saturated carbocycles. The quantitative estimate of drug-likeness (QED) is 0.581. The van der Waals surface area contributed by atoms with Crippen molar-refractivity contribution in [3.8, 4) is 48.0 Å². The fraction of sp³-hybridized carbons (Fsp3) is 0.273. The van der Waals surface area contributed by atoms with Crippen LogP contribution >= 0.6 is 15.9 Å². The molecule has 0 unspecified atom stereocenters. The van der Waals surface area contributed by atoms with Gasteiger partial charge in [0, 0.05) is 41.1 Å². The van der Waals surface area contributed by atoms with Gasteiger partial charge in [-0.15, -0.1) is 6.42 Å². The minimum atomic E-state index is -1.12. The number of nitrogens with one attached hydrogen (secondary N) is 1. The zero-order valence-corrected chi connectivity index (χ0v) is 16.0. The molecule has 1 fully saturated rings. The lowest BCUT2D eigenvalue weighted by Crippen LogP contribution is -2.46. The molecule has 1 atom stereocenters. The van der Waals surface area contributed by atoms with Crippen molar-refractivity contribution in [2.24, 2.45) is 5.41 Å². The first kappa shape index (κ1) is 20.4. The van der Waals surface area contributed by atoms with Crippen LogP contribution in [0, 0.1) is 53.4 Å². The molecule has 2 N–H and O–H groups in total. The van der Waals surface area contributed by atoms with Gasteiger partial charge in [-0.1, -0.05) is 28.1 Å². The van der Waals surface area contributed by atoms with Crippen LogP contribution in [0.15, 0.2) is 28.7 Å². The number of amides is 1. The predicted octanol–water partition coefficient (Wildman–Crippen LogP) is 2.33. The number of benzene rings is 1. The minimum Gasteiger partial charge on any atom is -0.387 e. The molecule has 0 aliphatic heterocycles. The Morgan fingerprint density at radius 1 is 1.11 bits per heavy atom. The zero-order valence-electron chi connectivity index (χ0n) is 14.4. The van der Waals surface area contributed by atoms with E-state index in [0.29, 0.717) is 5.56 Å². The van der Waals surface area contributed by atoms with Gasteiger partial charge in [0.1, 0.15) is 5.78 Å². The summed E-state index contributed by atoms with van der Waals surface area (Å²) in [6.07, 6.45) is 4.93. The number of ketones is 1. The summed E-state index contributed by atoms with van der Waals surface area (Å²) in [5, 5.41) is 13.4. The summed E-state index contributed by atoms with van der Waals surface area (Å²) in [6.45, 7) is 0. The lowest BCUT2D eigenvalue weighted by atomic mass is 9.67. The Kier molecular flexibility index (Phi) is 7.28. The van der Waals surface area contributed by atoms with Gasteiger partial charge in [-0.05, 0) is 48.3 Å². The van der Waals surface area contributed by atoms with Crippen molar-refractivity contribution >= 4 is 27.6 Å². The molecule has 134 valence electrons. The van der Waals surface area contributed by atoms with Crippen LogP contribution in [0.1, 0.15) is 37.4 Å². The van der Waals surface area contributed by atoms with E-state index in [-0.39, 0.29) is 31.5 Å². The molecule has 0 spiro atoms. The minimum absolute atomic E-state index is 0.0884. The van der Waals surface area contributed by atoms with Gasteiger partial charge in [0.25, 0.3) is 0 Å². The van der Waals surface area contributed by atoms with Gasteiger partial charge in [-0.3, -0.25) is 14.9 Å². The number of aliphatic hydroxyl groups is 1. The normalized spacial score (nSPS) is 15.4. The molecule has 1 aliphatic carbocycles. The van der Waals surface area contributed by atoms with Crippen LogP contribution in [0.25, 0.3) is 0 Å². The number of carbonyl (C=O) groups is 2. The fourth-order valence-electron chi connectivity index (χ4n) is 2.94. The summed E-state index contributed by atoms with van der Waals surface area (Å²) >= 11 is 3.35. The van der Waals surface area contributed by atoms with Crippen molar-refractivity contribution in [1.82, 2.24) is 5.32 Å². The highest BCUT2D eigenvalue weighted by Crippen LogP contribution is 2.45. The molecular weight excluding hydrogens is 406 g/mol. The standard InChI is InChI=1S/C22H16BrNO3/c1-2-3-4-5-6-7-16-24-21(27)22(14-12-19(25)13-15-22)20(26)17-8-10-18(23)11-9-17/h1,8-11,20,26H,12-15H2,(H,24,27)/t20-/m0/s1. The number of Topliss-reactive ketones (excluding diaryl/α,β-unsaturated/α-hetero) is 1. The number of hydrogen-bond donors (Lipinski definition) is 2. The molecule has 0 heterocycles. The van der Waals surface area contributed by atoms with Crippen molar-refractivity contribution in [1.29, 1.82) is 0 Å². The summed E-state index contributed by atoms with van der Waals surface area (Å²) in [5.74, 6) is 13.9. The second kappa shape index (κ2) is 9.66. The molecular formula is C22H16BrNO3. The van der Waals surface area contributed by atoms with E-state index in [0.717, 1.165) is 4.47 Å². The molecule has 1 aromatic rings. The van der Waals surface area contributed by atoms with Gasteiger partial charge in [0.2, 0.25) is 5.91 Å². The zero-order chi connectivity index (χ0) is 19.7. The molecule has 2 rings (SSSR count). The van der Waals surface area contributed by atoms with Crippen LogP contribution in [0.4, 0.5) is 0 Å². The second-order valence-corrected chi connectivity index (χ2v) is 6.91. The monoisotopic (exact) mass is 421 g/mol. The van der Waals surface area contributed by atoms with Crippen LogP contribution in [0.3, 0.4) is 0 Å². The summed E-state index contributed by atoms with van der Waals surface area (Å²) in [7, 11) is 0. The van der Waals surface area contributed by atoms with Gasteiger partial charge >= 0.3 is 0 Å². The van der Waals surface area contributed by atoms with E-state index in [9.17, 15) is 14.7 Å². The van der Waals surface area contributed by atoms with E-state index >= 15 is 0 Å². The predicted molar refractivity (Wildman–Crippen MR) is 105 cm³/mol. The van der Waals surface area contributed by atoms with Crippen molar-refractivity contribution in [2.75, 3.05) is 0 Å². The Balaban J connectivity index is 2.22. The van der Waals surface area contributed by atoms with Crippen molar-refractivity contribution in [3.63, 3.8) is 0 Å². The highest BCUT2D eigenvalue weighted by atomic mass is 79.9. The molecule has 1 aromatic carbocycles. The highest BCUT2D eigenvalue weighted by molar-refractivity contribution is 9.10. The smallest absolute Gasteiger partial charge is 0.240 e. The number of hydrogen-bond acceptors (Lipinski definition) is 3. The van der Waals surface area contributed by atoms with E-state index in [2.05, 4.69) is 62.8 Å². The SMILES string of the molecule is C#CC#CC#CC#CNC(=O)C1([C@@H](O)c2ccc(Br)cc2)CCC(=O)CC1. The van der Waals surface area contributed by atoms with E-state index in [1.807, 2.05) is 0 Å². The first-order valence-electron chi connectivity index (χ1n) is 8.21. The van der Waals surface area contributed by atoms with Crippen LogP contribution in [0.2, 0.25) is 0 Å². The molecule has 1 amide bonds. The first-order chi connectivity index (χ1) is 13.0. The highest BCUT2D eigenvalue weighted by Gasteiger charge is 2.47. The van der Waals surface area contributed by atoms with Gasteiger partial charge in [-0.2, -0.15) is 0 Å². The summed E-state index contributed by atoms with van der Waals surface area (Å²) in [4.78, 5) is 24.5. The maximum Gasteiger partial charge on any atom is 0.240 e. The second-order valence-electron chi connectivity index (χ2n) is 6.00. The number of terminal acetylenes is 1. The third-order valence-corrected chi connectivity index (χ3v) is 4.95. The average molecular weight is 422 g/mol. The van der Waals surface area contributed by atoms with Crippen molar-refractivity contribution < 1.29 is 14.7 Å². The largest absolute Gasteiger partial charge is 0.387 e. The number of carbonyl (C=O) groups excluding carboxylic acids is 2. The van der Waals surface area contributed by atoms with Crippen LogP contribution < -0.4 is 5.32 Å². The summed E-state index contributed by atoms with van der Waals surface area (Å²) in [6, 6.07) is 9.56. The Morgan fingerprint density at radius 3 is 2.33 bits per heavy atom. The molecule has 0 bridgehead atoms. The molecule has 27 heavy (non-hydrogen) atoms. The Bertz CT molecular complexity index is 943. The average Bonchev–Trinajstić information content (AvgIpc) is 2.68. The van der Waals surface area contributed by atoms with Crippen molar-refractivity contribution in [3.05, 3.63) is 34.3 Å². The van der Waals surface area contributed by atoms with Gasteiger partial charge < -0.3 is 5.11 Å². The number of aliphatic hydroxyl groups excluding tert-OH is 1. The van der Waals surface area contributed by atoms with Gasteiger partial charge in [-0.25, -0.2) is 0 Å². The lowest BCUT2D eigenvalue weighted by molar-refractivity contribution is -0.143. The van der Waals surface area contributed by atoms with Crippen LogP contribution in [-0.2, 0) is 9.59 Å². The summed E-state index contributed by atoms with van der Waals surface area (Å²) in [5.41, 5.74) is -0.507. The Hall–Kier alpha value is -2.96. The lowest BCUT2D eigenvalue weighted by Gasteiger charge is -2.38. The van der Waals surface area contributed by atoms with E-state index in [4.69, 9.17) is 6.42 Å². The van der Waals surface area contributed by atoms with Crippen LogP contribution in [-0.4, -0.2) is 16.8 Å². The van der Waals surface area contributed by atoms with Gasteiger partial charge in [0.05, 0.1) is 11.5 Å². The van der Waals surface area contributed by atoms with E-state index in [1.165, 1.54) is 0 Å². The fourth-order valence-corrected chi connectivity index (χ4v) is 3.20. The maximum atomic E-state index is 12.8. The Morgan fingerprint density at radius 2 is 1.70 bits per heavy atom. The molecule has 0 aromatic heterocycles. The van der Waals surface area contributed by atoms with Crippen LogP contribution in [0.5, 0.6) is 0 Å². The van der Waals surface area contributed by atoms with E-state index in [1.54, 1.807) is 24.3 Å². The molecule has 4 nitrogen and oxygen atoms in total. The van der Waals surface area contributed by atoms with E-state index < -0.39 is 17.4 Å². The Labute approximate surface area is 167 Å². The topological polar surface area (TPSA) is 66.4 Å². The third kappa shape index (κ3) is 5.26. The van der Waals surface area contributed by atoms with Crippen molar-refractivity contribution in [2.45, 2.75) is 31.8 Å². The van der Waals surface area contributed by atoms with Gasteiger partial charge in [0.15, 0.2) is 0 Å². The molecule has 1 aliphatic rings. The molecule has 0 radical (unpaired) electrons. The molecule has 0 saturated heterocycles. The summed E-state index contributed by atoms with van der Waals surface area (Å²) < 4.78 is 0.869. The third-order valence-electron chi connectivity index (χ3n) is 4.42. The molecule has 5 heteroatoms. The number of halogens is 1. The maximum absolute atomic E-state index is 12.8. The first-order valence-corrected chi connectivity index (χ1v) is 9.00.